The molecule has 0 amide bonds. The van der Waals surface area contributed by atoms with Crippen molar-refractivity contribution in [3.05, 3.63) is 108 Å². The average Bonchev–Trinajstić information content (AvgIpc) is 3.14. The summed E-state index contributed by atoms with van der Waals surface area (Å²) in [5.74, 6) is -0.178. The summed E-state index contributed by atoms with van der Waals surface area (Å²) in [7, 11) is 0. The first-order valence-corrected chi connectivity index (χ1v) is 13.9. The molecule has 186 valence electrons. The molecule has 8 rings (SSSR count). The van der Waals surface area contributed by atoms with E-state index in [1.807, 2.05) is 6.07 Å². The van der Waals surface area contributed by atoms with E-state index >= 15 is 0 Å². The van der Waals surface area contributed by atoms with Crippen LogP contribution in [0, 0.1) is 5.82 Å². The fraction of sp³-hybridized carbons (Fsp3) is 0.222. The molecule has 1 fully saturated rings. The Hall–Kier alpha value is -3.91. The minimum absolute atomic E-state index is 0.00725. The van der Waals surface area contributed by atoms with Gasteiger partial charge in [-0.1, -0.05) is 86.5 Å². The van der Waals surface area contributed by atoms with Crippen molar-refractivity contribution < 1.29 is 4.39 Å². The third-order valence-corrected chi connectivity index (χ3v) is 10.0. The van der Waals surface area contributed by atoms with E-state index in [1.165, 1.54) is 67.5 Å². The second-order valence-electron chi connectivity index (χ2n) is 11.8. The Morgan fingerprint density at radius 3 is 2.21 bits per heavy atom. The van der Waals surface area contributed by atoms with Gasteiger partial charge in [-0.25, -0.2) is 4.39 Å². The van der Waals surface area contributed by atoms with Crippen molar-refractivity contribution in [2.75, 3.05) is 4.90 Å². The monoisotopic (exact) mass is 495 g/mol. The van der Waals surface area contributed by atoms with Gasteiger partial charge in [-0.15, -0.1) is 0 Å². The molecule has 0 spiro atoms. The van der Waals surface area contributed by atoms with Crippen molar-refractivity contribution in [2.45, 2.75) is 50.5 Å². The summed E-state index contributed by atoms with van der Waals surface area (Å²) < 4.78 is 14.4. The zero-order valence-corrected chi connectivity index (χ0v) is 21.9. The first-order chi connectivity index (χ1) is 18.5. The van der Waals surface area contributed by atoms with E-state index < -0.39 is 0 Å². The molecule has 1 saturated carbocycles. The number of hydrogen-bond donors (Lipinski definition) is 0. The number of nitrogens with zero attached hydrogens (tertiary/aromatic N) is 1. The van der Waals surface area contributed by atoms with E-state index in [9.17, 15) is 4.39 Å². The summed E-state index contributed by atoms with van der Waals surface area (Å²) in [5, 5.41) is 7.90. The van der Waals surface area contributed by atoms with Gasteiger partial charge < -0.3 is 4.90 Å². The standard InChI is InChI=1S/C36H30FN/c1-35-19-3-4-20-36(35,2)38(28-10-6-9-27(37)22-28)32-18-15-26(21-31(32)35)29-16-13-25-12-11-23-7-5-8-24-14-17-30(29)34(25)33(23)24/h5-18,21-22H,3-4,19-20H2,1-2H3. The normalized spacial score (nSPS) is 22.9. The van der Waals surface area contributed by atoms with Crippen molar-refractivity contribution in [2.24, 2.45) is 0 Å². The smallest absolute Gasteiger partial charge is 0.125 e. The number of rotatable bonds is 2. The van der Waals surface area contributed by atoms with Crippen LogP contribution in [0.1, 0.15) is 45.1 Å². The maximum atomic E-state index is 14.4. The van der Waals surface area contributed by atoms with Gasteiger partial charge in [-0.2, -0.15) is 0 Å². The average molecular weight is 496 g/mol. The molecule has 38 heavy (non-hydrogen) atoms. The molecular formula is C36H30FN. The summed E-state index contributed by atoms with van der Waals surface area (Å²) in [4.78, 5) is 2.44. The maximum absolute atomic E-state index is 14.4. The summed E-state index contributed by atoms with van der Waals surface area (Å²) in [6.45, 7) is 4.84. The predicted molar refractivity (Wildman–Crippen MR) is 158 cm³/mol. The molecule has 2 heteroatoms. The van der Waals surface area contributed by atoms with Crippen LogP contribution in [0.15, 0.2) is 97.1 Å². The van der Waals surface area contributed by atoms with E-state index in [-0.39, 0.29) is 16.8 Å². The zero-order chi connectivity index (χ0) is 25.6. The molecule has 0 saturated heterocycles. The SMILES string of the molecule is CC12CCCCC1(C)N(c1cccc(F)c1)c1ccc(-c3ccc4ccc5cccc6ccc3c4c56)cc12. The van der Waals surface area contributed by atoms with Crippen LogP contribution in [-0.2, 0) is 5.41 Å². The molecule has 1 aliphatic heterocycles. The molecule has 1 aliphatic carbocycles. The third-order valence-electron chi connectivity index (χ3n) is 10.0. The van der Waals surface area contributed by atoms with Gasteiger partial charge in [0.05, 0.1) is 5.54 Å². The first-order valence-electron chi connectivity index (χ1n) is 13.9. The summed E-state index contributed by atoms with van der Waals surface area (Å²) in [6.07, 6.45) is 4.67. The number of anilines is 2. The second kappa shape index (κ2) is 7.57. The highest BCUT2D eigenvalue weighted by Crippen LogP contribution is 2.61. The fourth-order valence-corrected chi connectivity index (χ4v) is 7.91. The number of fused-ring (bicyclic) bond motifs is 3. The Balaban J connectivity index is 1.38. The van der Waals surface area contributed by atoms with Gasteiger partial charge in [-0.3, -0.25) is 0 Å². The predicted octanol–water partition coefficient (Wildman–Crippen LogP) is 10.1. The van der Waals surface area contributed by atoms with Crippen molar-refractivity contribution in [1.29, 1.82) is 0 Å². The van der Waals surface area contributed by atoms with E-state index in [4.69, 9.17) is 0 Å². The molecule has 0 bridgehead atoms. The van der Waals surface area contributed by atoms with Crippen LogP contribution in [0.5, 0.6) is 0 Å². The minimum atomic E-state index is -0.178. The largest absolute Gasteiger partial charge is 0.334 e. The molecular weight excluding hydrogens is 465 g/mol. The maximum Gasteiger partial charge on any atom is 0.125 e. The lowest BCUT2D eigenvalue weighted by atomic mass is 9.61. The highest BCUT2D eigenvalue weighted by atomic mass is 19.1. The molecule has 2 aliphatic rings. The topological polar surface area (TPSA) is 3.24 Å². The van der Waals surface area contributed by atoms with Crippen LogP contribution in [0.25, 0.3) is 43.4 Å². The molecule has 6 aromatic rings. The Morgan fingerprint density at radius 1 is 0.684 bits per heavy atom. The lowest BCUT2D eigenvalue weighted by molar-refractivity contribution is 0.195. The summed E-state index contributed by atoms with van der Waals surface area (Å²) in [5.41, 5.74) is 6.02. The van der Waals surface area contributed by atoms with Crippen molar-refractivity contribution in [3.63, 3.8) is 0 Å². The molecule has 0 radical (unpaired) electrons. The Labute approximate surface area is 222 Å². The van der Waals surface area contributed by atoms with E-state index in [1.54, 1.807) is 12.1 Å². The zero-order valence-electron chi connectivity index (χ0n) is 21.9. The number of halogens is 1. The highest BCUT2D eigenvalue weighted by molar-refractivity contribution is 6.25. The van der Waals surface area contributed by atoms with Gasteiger partial charge in [0.15, 0.2) is 0 Å². The first kappa shape index (κ1) is 22.1. The lowest BCUT2D eigenvalue weighted by Gasteiger charge is -2.50. The highest BCUT2D eigenvalue weighted by Gasteiger charge is 2.57. The number of benzene rings is 6. The van der Waals surface area contributed by atoms with Crippen LogP contribution < -0.4 is 4.90 Å². The van der Waals surface area contributed by atoms with Crippen LogP contribution in [0.2, 0.25) is 0 Å². The van der Waals surface area contributed by atoms with Crippen molar-refractivity contribution >= 4 is 43.7 Å². The van der Waals surface area contributed by atoms with E-state index in [2.05, 4.69) is 97.6 Å². The summed E-state index contributed by atoms with van der Waals surface area (Å²) in [6, 6.07) is 34.4. The van der Waals surface area contributed by atoms with Gasteiger partial charge in [0.1, 0.15) is 5.82 Å². The quantitative estimate of drug-likeness (QED) is 0.216. The van der Waals surface area contributed by atoms with Gasteiger partial charge in [0.25, 0.3) is 0 Å². The van der Waals surface area contributed by atoms with Crippen molar-refractivity contribution in [3.8, 4) is 11.1 Å². The van der Waals surface area contributed by atoms with Crippen molar-refractivity contribution in [1.82, 2.24) is 0 Å². The minimum Gasteiger partial charge on any atom is -0.334 e. The van der Waals surface area contributed by atoms with Crippen LogP contribution >= 0.6 is 0 Å². The molecule has 1 heterocycles. The van der Waals surface area contributed by atoms with E-state index in [0.717, 1.165) is 18.5 Å². The van der Waals surface area contributed by atoms with Gasteiger partial charge >= 0.3 is 0 Å². The van der Waals surface area contributed by atoms with Gasteiger partial charge in [-0.05, 0) is 99.1 Å². The van der Waals surface area contributed by atoms with E-state index in [0.29, 0.717) is 0 Å². The van der Waals surface area contributed by atoms with Crippen LogP contribution in [0.3, 0.4) is 0 Å². The number of hydrogen-bond acceptors (Lipinski definition) is 1. The molecule has 0 N–H and O–H groups in total. The second-order valence-corrected chi connectivity index (χ2v) is 11.8. The molecule has 1 nitrogen and oxygen atoms in total. The molecule has 2 atom stereocenters. The molecule has 6 aromatic carbocycles. The lowest BCUT2D eigenvalue weighted by Crippen LogP contribution is -2.54. The van der Waals surface area contributed by atoms with Gasteiger partial charge in [0, 0.05) is 16.8 Å². The molecule has 2 unspecified atom stereocenters. The Bertz CT molecular complexity index is 1870. The summed E-state index contributed by atoms with van der Waals surface area (Å²) >= 11 is 0. The molecule has 0 aromatic heterocycles. The van der Waals surface area contributed by atoms with Gasteiger partial charge in [0.2, 0.25) is 0 Å². The Kier molecular flexibility index (Phi) is 4.40. The Morgan fingerprint density at radius 2 is 1.39 bits per heavy atom. The van der Waals surface area contributed by atoms with Crippen LogP contribution in [0.4, 0.5) is 15.8 Å². The fourth-order valence-electron chi connectivity index (χ4n) is 7.91. The third kappa shape index (κ3) is 2.76. The van der Waals surface area contributed by atoms with Crippen LogP contribution in [-0.4, -0.2) is 5.54 Å².